The third-order valence-electron chi connectivity index (χ3n) is 4.22. The first kappa shape index (κ1) is 16.6. The number of aryl methyl sites for hydroxylation is 1. The van der Waals surface area contributed by atoms with Gasteiger partial charge < -0.3 is 9.64 Å². The van der Waals surface area contributed by atoms with Crippen LogP contribution in [0.3, 0.4) is 0 Å². The number of piperidine rings is 1. The molecule has 0 aliphatic carbocycles. The minimum absolute atomic E-state index is 0.0126. The third-order valence-corrected chi connectivity index (χ3v) is 4.22. The summed E-state index contributed by atoms with van der Waals surface area (Å²) in [5.74, 6) is -1.38. The Bertz CT molecular complexity index is 565. The normalized spacial score (nSPS) is 16.7. The molecule has 0 radical (unpaired) electrons. The minimum Gasteiger partial charge on any atom is -0.465 e. The van der Waals surface area contributed by atoms with E-state index in [2.05, 4.69) is 4.98 Å². The maximum atomic E-state index is 12.7. The van der Waals surface area contributed by atoms with E-state index in [0.29, 0.717) is 11.4 Å². The number of rotatable bonds is 2. The van der Waals surface area contributed by atoms with Crippen molar-refractivity contribution in [1.82, 2.24) is 4.98 Å². The highest BCUT2D eigenvalue weighted by Crippen LogP contribution is 2.36. The fourth-order valence-electron chi connectivity index (χ4n) is 2.69. The SMILES string of the molecule is COC(=O)c1c(N2CCC(C(F)(F)F)CC2)ncc(C)c1C. The zero-order chi connectivity index (χ0) is 16.5. The van der Waals surface area contributed by atoms with Crippen molar-refractivity contribution in [3.05, 3.63) is 22.9 Å². The second kappa shape index (κ2) is 6.14. The summed E-state index contributed by atoms with van der Waals surface area (Å²) in [5, 5.41) is 0. The highest BCUT2D eigenvalue weighted by atomic mass is 19.4. The van der Waals surface area contributed by atoms with Crippen molar-refractivity contribution in [1.29, 1.82) is 0 Å². The van der Waals surface area contributed by atoms with Crippen molar-refractivity contribution in [3.63, 3.8) is 0 Å². The van der Waals surface area contributed by atoms with Gasteiger partial charge in [0, 0.05) is 19.3 Å². The molecule has 1 aromatic rings. The topological polar surface area (TPSA) is 42.4 Å². The average Bonchev–Trinajstić information content (AvgIpc) is 2.48. The van der Waals surface area contributed by atoms with Crippen molar-refractivity contribution >= 4 is 11.8 Å². The van der Waals surface area contributed by atoms with Crippen LogP contribution < -0.4 is 4.90 Å². The number of halogens is 3. The van der Waals surface area contributed by atoms with Gasteiger partial charge >= 0.3 is 12.1 Å². The fourth-order valence-corrected chi connectivity index (χ4v) is 2.69. The number of anilines is 1. The molecule has 122 valence electrons. The van der Waals surface area contributed by atoms with Gasteiger partial charge in [0.2, 0.25) is 0 Å². The Morgan fingerprint density at radius 3 is 2.41 bits per heavy atom. The van der Waals surface area contributed by atoms with E-state index < -0.39 is 18.1 Å². The Kier molecular flexibility index (Phi) is 4.63. The van der Waals surface area contributed by atoms with E-state index in [-0.39, 0.29) is 25.9 Å². The number of nitrogens with zero attached hydrogens (tertiary/aromatic N) is 2. The molecular formula is C15H19F3N2O2. The molecule has 22 heavy (non-hydrogen) atoms. The van der Waals surface area contributed by atoms with Crippen LogP contribution >= 0.6 is 0 Å². The van der Waals surface area contributed by atoms with Crippen LogP contribution in [-0.2, 0) is 4.74 Å². The first-order valence-electron chi connectivity index (χ1n) is 7.12. The summed E-state index contributed by atoms with van der Waals surface area (Å²) in [6, 6.07) is 0. The number of carbonyl (C=O) groups is 1. The van der Waals surface area contributed by atoms with Gasteiger partial charge in [-0.15, -0.1) is 0 Å². The Morgan fingerprint density at radius 1 is 1.32 bits per heavy atom. The van der Waals surface area contributed by atoms with Crippen molar-refractivity contribution < 1.29 is 22.7 Å². The summed E-state index contributed by atoms with van der Waals surface area (Å²) in [4.78, 5) is 18.0. The molecule has 1 fully saturated rings. The highest BCUT2D eigenvalue weighted by molar-refractivity contribution is 5.96. The number of hydrogen-bond acceptors (Lipinski definition) is 4. The van der Waals surface area contributed by atoms with E-state index in [0.717, 1.165) is 11.1 Å². The van der Waals surface area contributed by atoms with E-state index in [1.807, 2.05) is 6.92 Å². The van der Waals surface area contributed by atoms with Crippen LogP contribution in [0.25, 0.3) is 0 Å². The average molecular weight is 316 g/mol. The fraction of sp³-hybridized carbons (Fsp3) is 0.600. The molecule has 0 aromatic carbocycles. The summed E-state index contributed by atoms with van der Waals surface area (Å²) in [6.45, 7) is 4.07. The molecule has 0 bridgehead atoms. The third kappa shape index (κ3) is 3.18. The molecule has 1 aliphatic heterocycles. The van der Waals surface area contributed by atoms with Gasteiger partial charge in [0.1, 0.15) is 11.4 Å². The number of ether oxygens (including phenoxy) is 1. The van der Waals surface area contributed by atoms with Crippen LogP contribution in [0.1, 0.15) is 34.3 Å². The van der Waals surface area contributed by atoms with E-state index in [9.17, 15) is 18.0 Å². The first-order chi connectivity index (χ1) is 10.3. The predicted molar refractivity (Wildman–Crippen MR) is 76.0 cm³/mol. The lowest BCUT2D eigenvalue weighted by molar-refractivity contribution is -0.179. The van der Waals surface area contributed by atoms with Gasteiger partial charge in [-0.2, -0.15) is 13.2 Å². The van der Waals surface area contributed by atoms with Crippen molar-refractivity contribution in [2.24, 2.45) is 5.92 Å². The van der Waals surface area contributed by atoms with Crippen LogP contribution in [0.15, 0.2) is 6.20 Å². The van der Waals surface area contributed by atoms with Gasteiger partial charge in [-0.3, -0.25) is 0 Å². The van der Waals surface area contributed by atoms with Gasteiger partial charge in [0.15, 0.2) is 0 Å². The zero-order valence-corrected chi connectivity index (χ0v) is 12.8. The van der Waals surface area contributed by atoms with Crippen LogP contribution in [0.4, 0.5) is 19.0 Å². The summed E-state index contributed by atoms with van der Waals surface area (Å²) in [6.07, 6.45) is -2.50. The molecule has 2 heterocycles. The molecule has 7 heteroatoms. The molecule has 1 aromatic heterocycles. The van der Waals surface area contributed by atoms with Crippen molar-refractivity contribution in [3.8, 4) is 0 Å². The monoisotopic (exact) mass is 316 g/mol. The Balaban J connectivity index is 2.27. The van der Waals surface area contributed by atoms with E-state index >= 15 is 0 Å². The first-order valence-corrected chi connectivity index (χ1v) is 7.12. The van der Waals surface area contributed by atoms with Gasteiger partial charge in [-0.05, 0) is 37.8 Å². The maximum Gasteiger partial charge on any atom is 0.391 e. The number of aromatic nitrogens is 1. The molecule has 0 unspecified atom stereocenters. The van der Waals surface area contributed by atoms with Crippen LogP contribution in [-0.4, -0.2) is 37.3 Å². The van der Waals surface area contributed by atoms with Gasteiger partial charge in [-0.25, -0.2) is 9.78 Å². The summed E-state index contributed by atoms with van der Waals surface area (Å²) in [7, 11) is 1.28. The van der Waals surface area contributed by atoms with Crippen molar-refractivity contribution in [2.75, 3.05) is 25.1 Å². The molecule has 1 aliphatic rings. The van der Waals surface area contributed by atoms with E-state index in [1.165, 1.54) is 7.11 Å². The Hall–Kier alpha value is -1.79. The Labute approximate surface area is 127 Å². The zero-order valence-electron chi connectivity index (χ0n) is 12.8. The summed E-state index contributed by atoms with van der Waals surface area (Å²) in [5.41, 5.74) is 1.93. The highest BCUT2D eigenvalue weighted by Gasteiger charge is 2.41. The van der Waals surface area contributed by atoms with Gasteiger partial charge in [-0.1, -0.05) is 0 Å². The number of carbonyl (C=O) groups excluding carboxylic acids is 1. The van der Waals surface area contributed by atoms with Crippen LogP contribution in [0, 0.1) is 19.8 Å². The molecule has 0 saturated carbocycles. The number of pyridine rings is 1. The quantitative estimate of drug-likeness (QED) is 0.786. The molecule has 0 spiro atoms. The second-order valence-corrected chi connectivity index (χ2v) is 5.56. The summed E-state index contributed by atoms with van der Waals surface area (Å²) >= 11 is 0. The number of esters is 1. The standard InChI is InChI=1S/C15H19F3N2O2/c1-9-8-19-13(12(10(9)2)14(21)22-3)20-6-4-11(5-7-20)15(16,17)18/h8,11H,4-7H2,1-3H3. The van der Waals surface area contributed by atoms with Gasteiger partial charge in [0.05, 0.1) is 13.0 Å². The molecule has 0 amide bonds. The Morgan fingerprint density at radius 2 is 1.91 bits per heavy atom. The second-order valence-electron chi connectivity index (χ2n) is 5.56. The lowest BCUT2D eigenvalue weighted by Crippen LogP contribution is -2.40. The minimum atomic E-state index is -4.16. The smallest absolute Gasteiger partial charge is 0.391 e. The molecule has 4 nitrogen and oxygen atoms in total. The number of hydrogen-bond donors (Lipinski definition) is 0. The number of methoxy groups -OCH3 is 1. The van der Waals surface area contributed by atoms with E-state index in [1.54, 1.807) is 18.0 Å². The lowest BCUT2D eigenvalue weighted by atomic mass is 9.95. The predicted octanol–water partition coefficient (Wildman–Crippen LogP) is 3.26. The van der Waals surface area contributed by atoms with Crippen LogP contribution in [0.2, 0.25) is 0 Å². The maximum absolute atomic E-state index is 12.7. The molecular weight excluding hydrogens is 297 g/mol. The molecule has 1 saturated heterocycles. The van der Waals surface area contributed by atoms with E-state index in [4.69, 9.17) is 4.74 Å². The lowest BCUT2D eigenvalue weighted by Gasteiger charge is -2.34. The van der Waals surface area contributed by atoms with Crippen molar-refractivity contribution in [2.45, 2.75) is 32.9 Å². The van der Waals surface area contributed by atoms with Crippen LogP contribution in [0.5, 0.6) is 0 Å². The largest absolute Gasteiger partial charge is 0.465 e. The molecule has 2 rings (SSSR count). The molecule has 0 N–H and O–H groups in total. The number of alkyl halides is 3. The molecule has 0 atom stereocenters. The summed E-state index contributed by atoms with van der Waals surface area (Å²) < 4.78 is 43.0. The van der Waals surface area contributed by atoms with Gasteiger partial charge in [0.25, 0.3) is 0 Å².